The highest BCUT2D eigenvalue weighted by molar-refractivity contribution is 7.92. The molecule has 1 fully saturated rings. The van der Waals surface area contributed by atoms with Crippen molar-refractivity contribution in [2.75, 3.05) is 18.8 Å². The second-order valence-electron chi connectivity index (χ2n) is 7.06. The molecule has 1 saturated heterocycles. The Morgan fingerprint density at radius 1 is 0.923 bits per heavy atom. The average molecular weight is 394 g/mol. The Kier molecular flexibility index (Phi) is 5.23. The predicted octanol–water partition coefficient (Wildman–Crippen LogP) is 2.80. The molecular formula is C19H23NO4S2. The van der Waals surface area contributed by atoms with E-state index in [2.05, 4.69) is 0 Å². The molecule has 0 saturated carbocycles. The molecule has 0 bridgehead atoms. The van der Waals surface area contributed by atoms with Gasteiger partial charge < -0.3 is 0 Å². The number of rotatable bonds is 6. The monoisotopic (exact) mass is 393 g/mol. The fourth-order valence-electron chi connectivity index (χ4n) is 3.04. The molecule has 26 heavy (non-hydrogen) atoms. The maximum atomic E-state index is 12.8. The summed E-state index contributed by atoms with van der Waals surface area (Å²) >= 11 is 0. The number of benzene rings is 2. The molecule has 1 heterocycles. The fourth-order valence-corrected chi connectivity index (χ4v) is 6.82. The lowest BCUT2D eigenvalue weighted by molar-refractivity contribution is 0.309. The fraction of sp³-hybridized carbons (Fsp3) is 0.368. The highest BCUT2D eigenvalue weighted by Crippen LogP contribution is 2.29. The van der Waals surface area contributed by atoms with E-state index in [-0.39, 0.29) is 29.7 Å². The van der Waals surface area contributed by atoms with Crippen LogP contribution in [-0.2, 0) is 19.9 Å². The normalized spacial score (nSPS) is 16.6. The summed E-state index contributed by atoms with van der Waals surface area (Å²) in [6.45, 7) is 3.76. The summed E-state index contributed by atoms with van der Waals surface area (Å²) in [6.07, 6.45) is 0. The van der Waals surface area contributed by atoms with Gasteiger partial charge in [0.25, 0.3) is 0 Å². The van der Waals surface area contributed by atoms with Crippen LogP contribution in [0, 0.1) is 5.92 Å². The van der Waals surface area contributed by atoms with E-state index in [9.17, 15) is 16.8 Å². The Morgan fingerprint density at radius 3 is 2.15 bits per heavy atom. The van der Waals surface area contributed by atoms with E-state index >= 15 is 0 Å². The molecule has 5 nitrogen and oxygen atoms in total. The molecule has 0 N–H and O–H groups in total. The van der Waals surface area contributed by atoms with Crippen molar-refractivity contribution in [3.8, 4) is 11.1 Å². The van der Waals surface area contributed by atoms with Crippen LogP contribution in [0.5, 0.6) is 0 Å². The van der Waals surface area contributed by atoms with Crippen LogP contribution < -0.4 is 0 Å². The van der Waals surface area contributed by atoms with Crippen molar-refractivity contribution in [1.29, 1.82) is 0 Å². The van der Waals surface area contributed by atoms with Gasteiger partial charge in [0.15, 0.2) is 9.84 Å². The van der Waals surface area contributed by atoms with Gasteiger partial charge in [-0.05, 0) is 29.2 Å². The second kappa shape index (κ2) is 7.13. The smallest absolute Gasteiger partial charge is 0.228 e. The first-order chi connectivity index (χ1) is 12.2. The first-order valence-corrected chi connectivity index (χ1v) is 11.7. The van der Waals surface area contributed by atoms with Gasteiger partial charge in [0, 0.05) is 13.1 Å². The SMILES string of the molecule is CC(C)CS(=O)(=O)C1CN(S(=O)(=O)c2cccc(-c3ccccc3)c2)C1. The largest absolute Gasteiger partial charge is 0.243 e. The van der Waals surface area contributed by atoms with Crippen LogP contribution in [0.25, 0.3) is 11.1 Å². The van der Waals surface area contributed by atoms with E-state index in [1.807, 2.05) is 50.2 Å². The molecular weight excluding hydrogens is 370 g/mol. The molecule has 0 unspecified atom stereocenters. The Labute approximate surface area is 155 Å². The van der Waals surface area contributed by atoms with Crippen molar-refractivity contribution in [2.45, 2.75) is 24.0 Å². The average Bonchev–Trinajstić information content (AvgIpc) is 2.52. The number of hydrogen-bond donors (Lipinski definition) is 0. The van der Waals surface area contributed by atoms with Crippen LogP contribution in [-0.4, -0.2) is 45.2 Å². The lowest BCUT2D eigenvalue weighted by Crippen LogP contribution is -2.57. The Balaban J connectivity index is 1.79. The molecule has 0 atom stereocenters. The van der Waals surface area contributed by atoms with Gasteiger partial charge in [0.05, 0.1) is 15.9 Å². The topological polar surface area (TPSA) is 71.5 Å². The molecule has 1 aliphatic heterocycles. The summed E-state index contributed by atoms with van der Waals surface area (Å²) in [6, 6.07) is 16.3. The van der Waals surface area contributed by atoms with Crippen molar-refractivity contribution in [3.63, 3.8) is 0 Å². The first-order valence-electron chi connectivity index (χ1n) is 8.57. The zero-order valence-corrected chi connectivity index (χ0v) is 16.5. The van der Waals surface area contributed by atoms with Crippen molar-refractivity contribution in [3.05, 3.63) is 54.6 Å². The van der Waals surface area contributed by atoms with Gasteiger partial charge in [-0.1, -0.05) is 56.3 Å². The van der Waals surface area contributed by atoms with Gasteiger partial charge in [0.2, 0.25) is 10.0 Å². The second-order valence-corrected chi connectivity index (χ2v) is 11.3. The lowest BCUT2D eigenvalue weighted by Gasteiger charge is -2.37. The highest BCUT2D eigenvalue weighted by atomic mass is 32.2. The van der Waals surface area contributed by atoms with E-state index in [4.69, 9.17) is 0 Å². The minimum Gasteiger partial charge on any atom is -0.228 e. The van der Waals surface area contributed by atoms with E-state index in [0.29, 0.717) is 0 Å². The van der Waals surface area contributed by atoms with Gasteiger partial charge in [-0.3, -0.25) is 0 Å². The Bertz CT molecular complexity index is 977. The summed E-state index contributed by atoms with van der Waals surface area (Å²) in [5.41, 5.74) is 1.75. The van der Waals surface area contributed by atoms with Crippen LogP contribution in [0.4, 0.5) is 0 Å². The van der Waals surface area contributed by atoms with Crippen LogP contribution in [0.2, 0.25) is 0 Å². The highest BCUT2D eigenvalue weighted by Gasteiger charge is 2.43. The third-order valence-electron chi connectivity index (χ3n) is 4.47. The lowest BCUT2D eigenvalue weighted by atomic mass is 10.1. The molecule has 2 aromatic carbocycles. The minimum atomic E-state index is -3.69. The summed E-state index contributed by atoms with van der Waals surface area (Å²) in [5, 5.41) is -0.600. The molecule has 1 aliphatic rings. The van der Waals surface area contributed by atoms with Crippen LogP contribution in [0.3, 0.4) is 0 Å². The summed E-state index contributed by atoms with van der Waals surface area (Å²) in [7, 11) is -6.94. The number of hydrogen-bond acceptors (Lipinski definition) is 4. The van der Waals surface area contributed by atoms with E-state index in [1.165, 1.54) is 4.31 Å². The number of nitrogens with zero attached hydrogens (tertiary/aromatic N) is 1. The van der Waals surface area contributed by atoms with Gasteiger partial charge in [-0.25, -0.2) is 16.8 Å². The molecule has 140 valence electrons. The third-order valence-corrected chi connectivity index (χ3v) is 8.74. The summed E-state index contributed by atoms with van der Waals surface area (Å²) < 4.78 is 51.4. The molecule has 3 rings (SSSR count). The van der Waals surface area contributed by atoms with Crippen molar-refractivity contribution < 1.29 is 16.8 Å². The van der Waals surface area contributed by atoms with Crippen LogP contribution >= 0.6 is 0 Å². The van der Waals surface area contributed by atoms with E-state index in [1.54, 1.807) is 18.2 Å². The first kappa shape index (κ1) is 19.1. The maximum Gasteiger partial charge on any atom is 0.243 e. The van der Waals surface area contributed by atoms with Crippen LogP contribution in [0.15, 0.2) is 59.5 Å². The van der Waals surface area contributed by atoms with Gasteiger partial charge in [-0.15, -0.1) is 0 Å². The van der Waals surface area contributed by atoms with Gasteiger partial charge in [0.1, 0.15) is 0 Å². The molecule has 0 spiro atoms. The molecule has 7 heteroatoms. The Hall–Kier alpha value is -1.70. The van der Waals surface area contributed by atoms with Gasteiger partial charge >= 0.3 is 0 Å². The molecule has 0 aromatic heterocycles. The van der Waals surface area contributed by atoms with E-state index < -0.39 is 25.1 Å². The molecule has 0 amide bonds. The summed E-state index contributed by atoms with van der Waals surface area (Å²) in [4.78, 5) is 0.193. The van der Waals surface area contributed by atoms with Crippen molar-refractivity contribution in [2.24, 2.45) is 5.92 Å². The zero-order valence-electron chi connectivity index (χ0n) is 14.9. The third kappa shape index (κ3) is 3.84. The molecule has 0 radical (unpaired) electrons. The number of sulfone groups is 1. The predicted molar refractivity (Wildman–Crippen MR) is 103 cm³/mol. The van der Waals surface area contributed by atoms with E-state index in [0.717, 1.165) is 11.1 Å². The molecule has 2 aromatic rings. The summed E-state index contributed by atoms with van der Waals surface area (Å²) in [5.74, 6) is 0.128. The van der Waals surface area contributed by atoms with Gasteiger partial charge in [-0.2, -0.15) is 4.31 Å². The quantitative estimate of drug-likeness (QED) is 0.757. The number of sulfonamides is 1. The molecule has 0 aliphatic carbocycles. The Morgan fingerprint density at radius 2 is 1.54 bits per heavy atom. The zero-order chi connectivity index (χ0) is 18.9. The standard InChI is InChI=1S/C19H23NO4S2/c1-15(2)14-25(21,22)19-12-20(13-19)26(23,24)18-10-6-9-17(11-18)16-7-4-3-5-8-16/h3-11,15,19H,12-14H2,1-2H3. The minimum absolute atomic E-state index is 0.0347. The maximum absolute atomic E-state index is 12.8. The van der Waals surface area contributed by atoms with Crippen LogP contribution in [0.1, 0.15) is 13.8 Å². The van der Waals surface area contributed by atoms with Crippen molar-refractivity contribution in [1.82, 2.24) is 4.31 Å². The van der Waals surface area contributed by atoms with Crippen molar-refractivity contribution >= 4 is 19.9 Å².